The molecule has 1 aliphatic carbocycles. The van der Waals surface area contributed by atoms with Crippen molar-refractivity contribution in [1.29, 1.82) is 0 Å². The van der Waals surface area contributed by atoms with Gasteiger partial charge in [0.25, 0.3) is 5.92 Å². The van der Waals surface area contributed by atoms with E-state index in [1.807, 2.05) is 0 Å². The van der Waals surface area contributed by atoms with Crippen LogP contribution in [0.4, 0.5) is 8.78 Å². The summed E-state index contributed by atoms with van der Waals surface area (Å²) in [5.74, 6) is -2.72. The standard InChI is InChI=1S/C8H16F2N2/c1-12(7-3-2-4-7)6-8(9,10)5-11/h7H,2-6,11H2,1H3. The van der Waals surface area contributed by atoms with Gasteiger partial charge in [0.1, 0.15) is 0 Å². The topological polar surface area (TPSA) is 29.3 Å². The first-order valence-electron chi connectivity index (χ1n) is 4.33. The van der Waals surface area contributed by atoms with Crippen LogP contribution in [-0.2, 0) is 0 Å². The van der Waals surface area contributed by atoms with Crippen LogP contribution in [0.25, 0.3) is 0 Å². The van der Waals surface area contributed by atoms with Crippen molar-refractivity contribution in [3.63, 3.8) is 0 Å². The van der Waals surface area contributed by atoms with E-state index in [-0.39, 0.29) is 6.54 Å². The van der Waals surface area contributed by atoms with Gasteiger partial charge in [-0.05, 0) is 19.9 Å². The largest absolute Gasteiger partial charge is 0.325 e. The van der Waals surface area contributed by atoms with E-state index in [1.165, 1.54) is 6.42 Å². The van der Waals surface area contributed by atoms with Crippen LogP contribution < -0.4 is 5.73 Å². The van der Waals surface area contributed by atoms with E-state index in [2.05, 4.69) is 0 Å². The maximum atomic E-state index is 12.8. The Morgan fingerprint density at radius 2 is 2.08 bits per heavy atom. The maximum Gasteiger partial charge on any atom is 0.272 e. The van der Waals surface area contributed by atoms with Crippen LogP contribution in [-0.4, -0.2) is 37.0 Å². The van der Waals surface area contributed by atoms with Gasteiger partial charge in [-0.2, -0.15) is 0 Å². The van der Waals surface area contributed by atoms with E-state index in [1.54, 1.807) is 11.9 Å². The Hall–Kier alpha value is -0.220. The third kappa shape index (κ3) is 2.38. The monoisotopic (exact) mass is 178 g/mol. The van der Waals surface area contributed by atoms with Crippen molar-refractivity contribution in [2.45, 2.75) is 31.2 Å². The smallest absolute Gasteiger partial charge is 0.272 e. The molecule has 1 fully saturated rings. The van der Waals surface area contributed by atoms with Crippen LogP contribution in [0.5, 0.6) is 0 Å². The summed E-state index contributed by atoms with van der Waals surface area (Å²) in [6.45, 7) is -0.752. The first-order chi connectivity index (χ1) is 5.55. The number of halogens is 2. The lowest BCUT2D eigenvalue weighted by Crippen LogP contribution is -2.46. The fraction of sp³-hybridized carbons (Fsp3) is 1.00. The van der Waals surface area contributed by atoms with Gasteiger partial charge in [-0.3, -0.25) is 4.90 Å². The number of hydrogen-bond donors (Lipinski definition) is 1. The number of nitrogens with two attached hydrogens (primary N) is 1. The van der Waals surface area contributed by atoms with Crippen LogP contribution in [0.3, 0.4) is 0 Å². The number of hydrogen-bond acceptors (Lipinski definition) is 2. The Morgan fingerprint density at radius 3 is 2.42 bits per heavy atom. The average molecular weight is 178 g/mol. The summed E-state index contributed by atoms with van der Waals surface area (Å²) < 4.78 is 25.5. The molecule has 0 aliphatic heterocycles. The van der Waals surface area contributed by atoms with Crippen molar-refractivity contribution >= 4 is 0 Å². The van der Waals surface area contributed by atoms with Crippen LogP contribution >= 0.6 is 0 Å². The van der Waals surface area contributed by atoms with Crippen LogP contribution in [0.15, 0.2) is 0 Å². The summed E-state index contributed by atoms with van der Waals surface area (Å²) in [7, 11) is 1.74. The zero-order valence-electron chi connectivity index (χ0n) is 7.39. The number of alkyl halides is 2. The molecule has 1 aliphatic rings. The summed E-state index contributed by atoms with van der Waals surface area (Å²) in [6, 6.07) is 0.363. The minimum atomic E-state index is -2.72. The molecule has 0 aromatic carbocycles. The first-order valence-corrected chi connectivity index (χ1v) is 4.33. The lowest BCUT2D eigenvalue weighted by atomic mass is 9.92. The molecule has 1 rings (SSSR count). The van der Waals surface area contributed by atoms with Gasteiger partial charge in [-0.15, -0.1) is 0 Å². The molecule has 0 spiro atoms. The minimum absolute atomic E-state index is 0.200. The molecule has 0 heterocycles. The lowest BCUT2D eigenvalue weighted by Gasteiger charge is -2.36. The Labute approximate surface area is 71.7 Å². The second-order valence-electron chi connectivity index (χ2n) is 3.56. The van der Waals surface area contributed by atoms with Crippen LogP contribution in [0.2, 0.25) is 0 Å². The fourth-order valence-corrected chi connectivity index (χ4v) is 1.39. The van der Waals surface area contributed by atoms with Crippen molar-refractivity contribution in [2.24, 2.45) is 5.73 Å². The highest BCUT2D eigenvalue weighted by molar-refractivity contribution is 4.81. The second kappa shape index (κ2) is 3.66. The average Bonchev–Trinajstić information content (AvgIpc) is 1.82. The van der Waals surface area contributed by atoms with E-state index < -0.39 is 12.5 Å². The van der Waals surface area contributed by atoms with Gasteiger partial charge in [0.05, 0.1) is 13.1 Å². The molecule has 72 valence electrons. The highest BCUT2D eigenvalue weighted by Crippen LogP contribution is 2.25. The first kappa shape index (κ1) is 9.86. The zero-order valence-corrected chi connectivity index (χ0v) is 7.39. The normalized spacial score (nSPS) is 19.8. The van der Waals surface area contributed by atoms with E-state index in [0.29, 0.717) is 6.04 Å². The summed E-state index contributed by atoms with van der Waals surface area (Å²) in [4.78, 5) is 1.72. The van der Waals surface area contributed by atoms with Crippen molar-refractivity contribution in [2.75, 3.05) is 20.1 Å². The van der Waals surface area contributed by atoms with E-state index in [9.17, 15) is 8.78 Å². The zero-order chi connectivity index (χ0) is 9.19. The molecule has 2 N–H and O–H groups in total. The van der Waals surface area contributed by atoms with E-state index in [0.717, 1.165) is 12.8 Å². The van der Waals surface area contributed by atoms with Gasteiger partial charge in [-0.1, -0.05) is 6.42 Å². The third-order valence-corrected chi connectivity index (χ3v) is 2.48. The Bertz CT molecular complexity index is 146. The molecule has 12 heavy (non-hydrogen) atoms. The molecule has 0 bridgehead atoms. The molecule has 1 saturated carbocycles. The quantitative estimate of drug-likeness (QED) is 0.697. The molecule has 0 atom stereocenters. The third-order valence-electron chi connectivity index (χ3n) is 2.48. The summed E-state index contributed by atoms with van der Waals surface area (Å²) in [5, 5.41) is 0. The Morgan fingerprint density at radius 1 is 1.50 bits per heavy atom. The maximum absolute atomic E-state index is 12.8. The molecule has 0 aromatic heterocycles. The molecule has 2 nitrogen and oxygen atoms in total. The highest BCUT2D eigenvalue weighted by atomic mass is 19.3. The molecule has 0 unspecified atom stereocenters. The van der Waals surface area contributed by atoms with Crippen molar-refractivity contribution < 1.29 is 8.78 Å². The molecule has 0 saturated heterocycles. The second-order valence-corrected chi connectivity index (χ2v) is 3.56. The van der Waals surface area contributed by atoms with Crippen LogP contribution in [0.1, 0.15) is 19.3 Å². The molecule has 0 radical (unpaired) electrons. The fourth-order valence-electron chi connectivity index (χ4n) is 1.39. The van der Waals surface area contributed by atoms with Gasteiger partial charge in [0.2, 0.25) is 0 Å². The summed E-state index contributed by atoms with van der Waals surface area (Å²) in [6.07, 6.45) is 3.28. The van der Waals surface area contributed by atoms with Gasteiger partial charge in [0, 0.05) is 6.04 Å². The Balaban J connectivity index is 2.28. The van der Waals surface area contributed by atoms with Crippen molar-refractivity contribution in [3.8, 4) is 0 Å². The number of nitrogens with zero attached hydrogens (tertiary/aromatic N) is 1. The van der Waals surface area contributed by atoms with Crippen LogP contribution in [0, 0.1) is 0 Å². The predicted octanol–water partition coefficient (Wildman–Crippen LogP) is 1.06. The molecule has 4 heteroatoms. The predicted molar refractivity (Wildman–Crippen MR) is 44.3 cm³/mol. The van der Waals surface area contributed by atoms with Gasteiger partial charge in [0.15, 0.2) is 0 Å². The molecule has 0 amide bonds. The minimum Gasteiger partial charge on any atom is -0.325 e. The SMILES string of the molecule is CN(CC(F)(F)CN)C1CCC1. The van der Waals surface area contributed by atoms with Crippen molar-refractivity contribution in [3.05, 3.63) is 0 Å². The lowest BCUT2D eigenvalue weighted by molar-refractivity contribution is -0.0350. The molecule has 0 aromatic rings. The molecular formula is C8H16F2N2. The van der Waals surface area contributed by atoms with E-state index >= 15 is 0 Å². The Kier molecular flexibility index (Phi) is 3.01. The van der Waals surface area contributed by atoms with Gasteiger partial charge in [-0.25, -0.2) is 8.78 Å². The molecular weight excluding hydrogens is 162 g/mol. The number of rotatable bonds is 4. The van der Waals surface area contributed by atoms with E-state index in [4.69, 9.17) is 5.73 Å². The van der Waals surface area contributed by atoms with Gasteiger partial charge >= 0.3 is 0 Å². The highest BCUT2D eigenvalue weighted by Gasteiger charge is 2.32. The summed E-state index contributed by atoms with van der Waals surface area (Å²) >= 11 is 0. The van der Waals surface area contributed by atoms with Gasteiger partial charge < -0.3 is 5.73 Å². The van der Waals surface area contributed by atoms with Crippen molar-refractivity contribution in [1.82, 2.24) is 4.90 Å². The summed E-state index contributed by atoms with van der Waals surface area (Å²) in [5.41, 5.74) is 4.94.